The molecular weight excluding hydrogens is 368 g/mol. The van der Waals surface area contributed by atoms with Crippen molar-refractivity contribution in [2.45, 2.75) is 11.0 Å². The lowest BCUT2D eigenvalue weighted by molar-refractivity contribution is 0.0730. The number of sulfonamides is 1. The molecule has 1 aliphatic heterocycles. The summed E-state index contributed by atoms with van der Waals surface area (Å²) in [4.78, 5) is 12.5. The van der Waals surface area contributed by atoms with Crippen molar-refractivity contribution in [1.29, 1.82) is 0 Å². The summed E-state index contributed by atoms with van der Waals surface area (Å²) in [7, 11) is -3.67. The van der Waals surface area contributed by atoms with Crippen molar-refractivity contribution in [1.82, 2.24) is 9.62 Å². The molecule has 2 aromatic rings. The maximum Gasteiger partial charge on any atom is 0.251 e. The third-order valence-electron chi connectivity index (χ3n) is 4.34. The van der Waals surface area contributed by atoms with Crippen LogP contribution in [0.25, 0.3) is 0 Å². The number of morpholine rings is 1. The zero-order valence-electron chi connectivity index (χ0n) is 14.7. The van der Waals surface area contributed by atoms with Gasteiger partial charge in [-0.2, -0.15) is 4.31 Å². The smallest absolute Gasteiger partial charge is 0.251 e. The van der Waals surface area contributed by atoms with Crippen molar-refractivity contribution in [3.05, 3.63) is 65.7 Å². The van der Waals surface area contributed by atoms with Crippen LogP contribution in [-0.4, -0.2) is 56.6 Å². The second-order valence-electron chi connectivity index (χ2n) is 6.18. The van der Waals surface area contributed by atoms with Crippen LogP contribution in [0.5, 0.6) is 0 Å². The summed E-state index contributed by atoms with van der Waals surface area (Å²) in [6.07, 6.45) is -0.838. The zero-order chi connectivity index (χ0) is 19.3. The summed E-state index contributed by atoms with van der Waals surface area (Å²) in [5.74, 6) is -0.441. The summed E-state index contributed by atoms with van der Waals surface area (Å²) in [5, 5.41) is 12.8. The molecule has 1 heterocycles. The summed E-state index contributed by atoms with van der Waals surface area (Å²) < 4.78 is 32.0. The Morgan fingerprint density at radius 2 is 1.81 bits per heavy atom. The van der Waals surface area contributed by atoms with Crippen LogP contribution in [0.1, 0.15) is 22.0 Å². The number of carbonyl (C=O) groups is 1. The Bertz CT molecular complexity index is 880. The van der Waals surface area contributed by atoms with Crippen LogP contribution >= 0.6 is 0 Å². The second kappa shape index (κ2) is 8.62. The molecule has 0 aliphatic carbocycles. The Morgan fingerprint density at radius 3 is 2.52 bits per heavy atom. The van der Waals surface area contributed by atoms with Gasteiger partial charge in [-0.3, -0.25) is 4.79 Å². The van der Waals surface area contributed by atoms with Gasteiger partial charge in [-0.05, 0) is 23.8 Å². The molecule has 2 N–H and O–H groups in total. The first-order chi connectivity index (χ1) is 13.0. The highest BCUT2D eigenvalue weighted by Crippen LogP contribution is 2.18. The van der Waals surface area contributed by atoms with Crippen molar-refractivity contribution in [2.75, 3.05) is 32.8 Å². The maximum absolute atomic E-state index is 12.7. The van der Waals surface area contributed by atoms with E-state index in [1.807, 2.05) is 6.07 Å². The number of amides is 1. The number of ether oxygens (including phenoxy) is 1. The monoisotopic (exact) mass is 390 g/mol. The largest absolute Gasteiger partial charge is 0.387 e. The van der Waals surface area contributed by atoms with E-state index in [0.717, 1.165) is 0 Å². The van der Waals surface area contributed by atoms with E-state index >= 15 is 0 Å². The van der Waals surface area contributed by atoms with Gasteiger partial charge in [0.15, 0.2) is 0 Å². The molecule has 1 amide bonds. The number of nitrogens with zero attached hydrogens (tertiary/aromatic N) is 1. The van der Waals surface area contributed by atoms with Gasteiger partial charge in [-0.1, -0.05) is 36.4 Å². The third-order valence-corrected chi connectivity index (χ3v) is 6.24. The van der Waals surface area contributed by atoms with Crippen molar-refractivity contribution in [3.63, 3.8) is 0 Å². The van der Waals surface area contributed by atoms with E-state index in [2.05, 4.69) is 5.32 Å². The lowest BCUT2D eigenvalue weighted by atomic mass is 10.1. The third kappa shape index (κ3) is 4.72. The number of hydrogen-bond donors (Lipinski definition) is 2. The molecule has 1 aliphatic rings. The first-order valence-electron chi connectivity index (χ1n) is 8.67. The minimum Gasteiger partial charge on any atom is -0.387 e. The number of benzene rings is 2. The number of rotatable bonds is 6. The molecule has 3 rings (SSSR count). The summed E-state index contributed by atoms with van der Waals surface area (Å²) in [6.45, 7) is 1.33. The maximum atomic E-state index is 12.7. The van der Waals surface area contributed by atoms with E-state index in [-0.39, 0.29) is 17.0 Å². The van der Waals surface area contributed by atoms with Crippen LogP contribution in [0.4, 0.5) is 0 Å². The van der Waals surface area contributed by atoms with Gasteiger partial charge in [0, 0.05) is 25.2 Å². The Balaban J connectivity index is 1.68. The molecule has 0 unspecified atom stereocenters. The van der Waals surface area contributed by atoms with Crippen LogP contribution in [0.3, 0.4) is 0 Å². The predicted octanol–water partition coefficient (Wildman–Crippen LogP) is 1.17. The van der Waals surface area contributed by atoms with Crippen molar-refractivity contribution in [3.8, 4) is 0 Å². The molecule has 1 fully saturated rings. The fraction of sp³-hybridized carbons (Fsp3) is 0.316. The molecule has 0 aromatic heterocycles. The lowest BCUT2D eigenvalue weighted by Gasteiger charge is -2.26. The molecule has 0 saturated carbocycles. The molecule has 27 heavy (non-hydrogen) atoms. The summed E-state index contributed by atoms with van der Waals surface area (Å²) in [5.41, 5.74) is 0.922. The highest BCUT2D eigenvalue weighted by Gasteiger charge is 2.26. The van der Waals surface area contributed by atoms with Crippen LogP contribution < -0.4 is 5.32 Å². The molecule has 1 saturated heterocycles. The minimum atomic E-state index is -3.67. The molecule has 144 valence electrons. The fourth-order valence-corrected chi connectivity index (χ4v) is 4.27. The molecule has 0 radical (unpaired) electrons. The minimum absolute atomic E-state index is 0.0310. The molecule has 7 nitrogen and oxygen atoms in total. The van der Waals surface area contributed by atoms with E-state index in [1.54, 1.807) is 30.3 Å². The van der Waals surface area contributed by atoms with Crippen LogP contribution in [-0.2, 0) is 14.8 Å². The number of nitrogens with one attached hydrogen (secondary N) is 1. The first kappa shape index (κ1) is 19.5. The molecule has 2 aromatic carbocycles. The highest BCUT2D eigenvalue weighted by atomic mass is 32.2. The topological polar surface area (TPSA) is 95.9 Å². The molecule has 1 atom stereocenters. The van der Waals surface area contributed by atoms with Gasteiger partial charge in [-0.25, -0.2) is 8.42 Å². The quantitative estimate of drug-likeness (QED) is 0.772. The number of aliphatic hydroxyl groups is 1. The SMILES string of the molecule is O=C(NC[C@@H](O)c1ccccc1)c1cccc(S(=O)(=O)N2CCOCC2)c1. The van der Waals surface area contributed by atoms with Gasteiger partial charge in [0.1, 0.15) is 0 Å². The van der Waals surface area contributed by atoms with E-state index < -0.39 is 22.0 Å². The van der Waals surface area contributed by atoms with Gasteiger partial charge in [0.05, 0.1) is 24.2 Å². The predicted molar refractivity (Wildman–Crippen MR) is 99.8 cm³/mol. The van der Waals surface area contributed by atoms with Gasteiger partial charge < -0.3 is 15.2 Å². The Labute approximate surface area is 158 Å². The van der Waals surface area contributed by atoms with Crippen LogP contribution in [0.15, 0.2) is 59.5 Å². The average Bonchev–Trinajstić information content (AvgIpc) is 2.73. The zero-order valence-corrected chi connectivity index (χ0v) is 15.6. The van der Waals surface area contributed by atoms with E-state index in [4.69, 9.17) is 4.74 Å². The van der Waals surface area contributed by atoms with E-state index in [1.165, 1.54) is 22.5 Å². The van der Waals surface area contributed by atoms with Crippen molar-refractivity contribution in [2.24, 2.45) is 0 Å². The lowest BCUT2D eigenvalue weighted by Crippen LogP contribution is -2.40. The average molecular weight is 390 g/mol. The summed E-state index contributed by atoms with van der Waals surface area (Å²) >= 11 is 0. The van der Waals surface area contributed by atoms with Crippen molar-refractivity contribution >= 4 is 15.9 Å². The van der Waals surface area contributed by atoms with E-state index in [0.29, 0.717) is 31.9 Å². The Morgan fingerprint density at radius 1 is 1.11 bits per heavy atom. The molecule has 0 spiro atoms. The first-order valence-corrected chi connectivity index (χ1v) is 10.1. The number of hydrogen-bond acceptors (Lipinski definition) is 5. The van der Waals surface area contributed by atoms with E-state index in [9.17, 15) is 18.3 Å². The molecule has 0 bridgehead atoms. The Kier molecular flexibility index (Phi) is 6.22. The number of aliphatic hydroxyl groups excluding tert-OH is 1. The van der Waals surface area contributed by atoms with Crippen molar-refractivity contribution < 1.29 is 23.1 Å². The van der Waals surface area contributed by atoms with Gasteiger partial charge >= 0.3 is 0 Å². The number of carbonyl (C=O) groups excluding carboxylic acids is 1. The molecule has 8 heteroatoms. The van der Waals surface area contributed by atoms with Crippen LogP contribution in [0, 0.1) is 0 Å². The molecular formula is C19H22N2O5S. The second-order valence-corrected chi connectivity index (χ2v) is 8.12. The van der Waals surface area contributed by atoms with Gasteiger partial charge in [-0.15, -0.1) is 0 Å². The standard InChI is InChI=1S/C19H22N2O5S/c22-18(15-5-2-1-3-6-15)14-20-19(23)16-7-4-8-17(13-16)27(24,25)21-9-11-26-12-10-21/h1-8,13,18,22H,9-12,14H2,(H,20,23)/t18-/m1/s1. The normalized spacial score (nSPS) is 16.6. The van der Waals surface area contributed by atoms with Gasteiger partial charge in [0.25, 0.3) is 5.91 Å². The fourth-order valence-electron chi connectivity index (χ4n) is 2.82. The van der Waals surface area contributed by atoms with Gasteiger partial charge in [0.2, 0.25) is 10.0 Å². The summed E-state index contributed by atoms with van der Waals surface area (Å²) in [6, 6.07) is 14.9. The van der Waals surface area contributed by atoms with Crippen LogP contribution in [0.2, 0.25) is 0 Å². The Hall–Kier alpha value is -2.26. The highest BCUT2D eigenvalue weighted by molar-refractivity contribution is 7.89.